The molecule has 0 bridgehead atoms. The average Bonchev–Trinajstić information content (AvgIpc) is 1.37. The number of aromatic nitrogens is 6. The van der Waals surface area contributed by atoms with Crippen molar-refractivity contribution in [3.8, 4) is 100 Å². The minimum Gasteiger partial charge on any atom is -0.310 e. The first-order valence-corrected chi connectivity index (χ1v) is 49.1. The average molecular weight is 1830 g/mol. The van der Waals surface area contributed by atoms with Crippen LogP contribution in [0.2, 0.25) is 0 Å². The molecule has 0 saturated heterocycles. The van der Waals surface area contributed by atoms with Crippen LogP contribution in [0.25, 0.3) is 230 Å². The summed E-state index contributed by atoms with van der Waals surface area (Å²) in [5.74, 6) is 0. The molecule has 0 radical (unpaired) electrons. The van der Waals surface area contributed by atoms with Gasteiger partial charge in [0.25, 0.3) is 0 Å². The Morgan fingerprint density at radius 2 is 0.431 bits per heavy atom. The molecule has 6 aromatic heterocycles. The molecular formula is C136H88N8. The van der Waals surface area contributed by atoms with Crippen molar-refractivity contribution in [3.05, 3.63) is 535 Å². The SMILES string of the molecule is c1ccc(N(c2ccc(-n3c4ccccc4c4ccccc43)cc2)c2ccc3c(-c4ccccc4-c4ccc5ccncc5c4)c4ccccc4c(-c4ccccc4-c4ccc5ccncc5c4)c3c2)cc1.c1ccc(N(c2ccc(-n3c4ccccc4c4ccccc43)cc2)c2cccc3c(-c4ccccc4-c4ccc5ccncc5c4)c4ccccc4c(-c4ccccc4-c4ccc5ccncc5c4)c23)cc1. The Kier molecular flexibility index (Phi) is 20.8. The Balaban J connectivity index is 0.000000143. The van der Waals surface area contributed by atoms with Gasteiger partial charge in [-0.15, -0.1) is 0 Å². The van der Waals surface area contributed by atoms with Crippen molar-refractivity contribution in [2.45, 2.75) is 0 Å². The molecule has 28 aromatic rings. The van der Waals surface area contributed by atoms with Gasteiger partial charge in [0.15, 0.2) is 0 Å². The Morgan fingerprint density at radius 3 is 0.806 bits per heavy atom. The first-order valence-electron chi connectivity index (χ1n) is 49.1. The van der Waals surface area contributed by atoms with E-state index >= 15 is 0 Å². The van der Waals surface area contributed by atoms with E-state index in [1.54, 1.807) is 0 Å². The van der Waals surface area contributed by atoms with Crippen molar-refractivity contribution < 1.29 is 0 Å². The predicted molar refractivity (Wildman–Crippen MR) is 606 cm³/mol. The van der Waals surface area contributed by atoms with Crippen molar-refractivity contribution in [1.29, 1.82) is 0 Å². The zero-order valence-corrected chi connectivity index (χ0v) is 78.4. The van der Waals surface area contributed by atoms with Gasteiger partial charge in [0.05, 0.1) is 27.8 Å². The van der Waals surface area contributed by atoms with Crippen LogP contribution in [0.15, 0.2) is 535 Å². The van der Waals surface area contributed by atoms with Crippen LogP contribution in [0.3, 0.4) is 0 Å². The van der Waals surface area contributed by atoms with Crippen molar-refractivity contribution >= 4 is 164 Å². The fourth-order valence-electron chi connectivity index (χ4n) is 22.6. The fourth-order valence-corrected chi connectivity index (χ4v) is 22.6. The van der Waals surface area contributed by atoms with Crippen molar-refractivity contribution in [1.82, 2.24) is 29.1 Å². The lowest BCUT2D eigenvalue weighted by molar-refractivity contribution is 1.17. The molecule has 0 atom stereocenters. The van der Waals surface area contributed by atoms with Gasteiger partial charge in [-0.05, 0) is 306 Å². The highest BCUT2D eigenvalue weighted by atomic mass is 15.2. The number of nitrogens with zero attached hydrogens (tertiary/aromatic N) is 8. The maximum atomic E-state index is 4.52. The van der Waals surface area contributed by atoms with E-state index in [1.165, 1.54) is 142 Å². The molecule has 28 rings (SSSR count). The third-order valence-corrected chi connectivity index (χ3v) is 29.0. The minimum absolute atomic E-state index is 1.05. The van der Waals surface area contributed by atoms with Crippen LogP contribution in [-0.2, 0) is 0 Å². The van der Waals surface area contributed by atoms with E-state index in [-0.39, 0.29) is 0 Å². The largest absolute Gasteiger partial charge is 0.310 e. The van der Waals surface area contributed by atoms with Gasteiger partial charge in [-0.3, -0.25) is 19.9 Å². The first-order chi connectivity index (χ1) is 71.5. The number of benzene rings is 22. The summed E-state index contributed by atoms with van der Waals surface area (Å²) in [4.78, 5) is 22.9. The molecule has 0 aliphatic carbocycles. The second-order valence-corrected chi connectivity index (χ2v) is 37.1. The number of hydrogen-bond acceptors (Lipinski definition) is 6. The molecule has 22 aromatic carbocycles. The number of anilines is 6. The second-order valence-electron chi connectivity index (χ2n) is 37.1. The van der Waals surface area contributed by atoms with Crippen LogP contribution in [-0.4, -0.2) is 29.1 Å². The number of para-hydroxylation sites is 6. The van der Waals surface area contributed by atoms with E-state index in [4.69, 9.17) is 0 Å². The van der Waals surface area contributed by atoms with E-state index in [1.807, 2.05) is 49.6 Å². The maximum Gasteiger partial charge on any atom is 0.0546 e. The quantitative estimate of drug-likeness (QED) is 0.0898. The van der Waals surface area contributed by atoms with Gasteiger partial charge in [0, 0.05) is 143 Å². The Morgan fingerprint density at radius 1 is 0.160 bits per heavy atom. The number of rotatable bonds is 16. The fraction of sp³-hybridized carbons (Fsp3) is 0. The summed E-state index contributed by atoms with van der Waals surface area (Å²) in [5, 5.41) is 23.5. The molecule has 0 amide bonds. The summed E-state index contributed by atoms with van der Waals surface area (Å²) in [6, 6.07) is 177. The Labute approximate surface area is 832 Å². The maximum absolute atomic E-state index is 4.52. The Bertz CT molecular complexity index is 9690. The molecule has 144 heavy (non-hydrogen) atoms. The van der Waals surface area contributed by atoms with Crippen LogP contribution in [0.5, 0.6) is 0 Å². The third kappa shape index (κ3) is 14.5. The molecule has 672 valence electrons. The van der Waals surface area contributed by atoms with Gasteiger partial charge in [-0.2, -0.15) is 0 Å². The lowest BCUT2D eigenvalue weighted by Gasteiger charge is -2.30. The summed E-state index contributed by atoms with van der Waals surface area (Å²) >= 11 is 0. The zero-order chi connectivity index (χ0) is 95.1. The van der Waals surface area contributed by atoms with Gasteiger partial charge in [-0.25, -0.2) is 0 Å². The molecule has 6 heterocycles. The molecular weight excluding hydrogens is 1750 g/mol. The van der Waals surface area contributed by atoms with Crippen molar-refractivity contribution in [3.63, 3.8) is 0 Å². The molecule has 8 nitrogen and oxygen atoms in total. The summed E-state index contributed by atoms with van der Waals surface area (Å²) < 4.78 is 4.77. The lowest BCUT2D eigenvalue weighted by atomic mass is 9.81. The van der Waals surface area contributed by atoms with Crippen LogP contribution in [0.4, 0.5) is 34.1 Å². The van der Waals surface area contributed by atoms with Crippen LogP contribution < -0.4 is 9.80 Å². The molecule has 0 aliphatic heterocycles. The zero-order valence-electron chi connectivity index (χ0n) is 78.4. The van der Waals surface area contributed by atoms with E-state index in [9.17, 15) is 0 Å². The summed E-state index contributed by atoms with van der Waals surface area (Å²) in [6.07, 6.45) is 15.3. The highest BCUT2D eigenvalue weighted by Gasteiger charge is 2.30. The minimum atomic E-state index is 1.05. The van der Waals surface area contributed by atoms with E-state index < -0.39 is 0 Å². The molecule has 0 unspecified atom stereocenters. The second kappa shape index (κ2) is 35.6. The van der Waals surface area contributed by atoms with Gasteiger partial charge in [0.2, 0.25) is 0 Å². The summed E-state index contributed by atoms with van der Waals surface area (Å²) in [7, 11) is 0. The highest BCUT2D eigenvalue weighted by Crippen LogP contribution is 2.56. The van der Waals surface area contributed by atoms with Crippen LogP contribution in [0, 0.1) is 0 Å². The molecule has 0 aliphatic rings. The molecule has 0 spiro atoms. The smallest absolute Gasteiger partial charge is 0.0546 e. The topological polar surface area (TPSA) is 67.9 Å². The summed E-state index contributed by atoms with van der Waals surface area (Å²) in [5.41, 5.74) is 32.1. The van der Waals surface area contributed by atoms with Gasteiger partial charge in [0.1, 0.15) is 0 Å². The molecule has 0 fully saturated rings. The van der Waals surface area contributed by atoms with E-state index in [2.05, 4.69) is 524 Å². The third-order valence-electron chi connectivity index (χ3n) is 29.0. The molecule has 8 heteroatoms. The number of hydrogen-bond donors (Lipinski definition) is 0. The standard InChI is InChI=1S/2C68H44N4/c1-2-15-51(16-3-1)71(52-33-35-53(36-34-52)72-63-26-12-10-19-56(63)57-20-11-13-27-64(57)72)65-28-14-25-62-66(58-21-6-4-17-54(58)47-31-29-45-37-39-69-43-49(45)41-47)60-23-8-9-24-61(60)67(68(62)65)59-22-7-5-18-55(59)48-32-30-46-38-40-70-44-50(46)42-48;1-2-14-51(15-3-1)71(52-30-32-53(33-31-52)72-65-24-12-10-18-57(65)58-19-11-13-25-66(58)72)54-34-35-63-64(42-54)68(60-21-7-5-17-56(60)48-29-27-46-37-39-70-44-50(46)41-48)62-23-9-8-22-61(62)67(63)59-20-6-4-16-55(59)47-28-26-45-36-38-69-43-49(45)40-47/h2*1-44H. The molecule has 0 saturated carbocycles. The van der Waals surface area contributed by atoms with Gasteiger partial charge < -0.3 is 18.9 Å². The number of fused-ring (bicyclic) bond motifs is 14. The number of pyridine rings is 4. The summed E-state index contributed by atoms with van der Waals surface area (Å²) in [6.45, 7) is 0. The predicted octanol–water partition coefficient (Wildman–Crippen LogP) is 36.6. The molecule has 0 N–H and O–H groups in total. The van der Waals surface area contributed by atoms with E-state index in [0.29, 0.717) is 0 Å². The van der Waals surface area contributed by atoms with Crippen molar-refractivity contribution in [2.24, 2.45) is 0 Å². The van der Waals surface area contributed by atoms with E-state index in [0.717, 1.165) is 122 Å². The normalized spacial score (nSPS) is 11.6. The van der Waals surface area contributed by atoms with Crippen molar-refractivity contribution in [2.75, 3.05) is 9.80 Å². The van der Waals surface area contributed by atoms with Crippen LogP contribution >= 0.6 is 0 Å². The van der Waals surface area contributed by atoms with Gasteiger partial charge in [-0.1, -0.05) is 322 Å². The monoisotopic (exact) mass is 1830 g/mol. The lowest BCUT2D eigenvalue weighted by Crippen LogP contribution is -2.11. The first kappa shape index (κ1) is 84.0. The van der Waals surface area contributed by atoms with Crippen LogP contribution in [0.1, 0.15) is 0 Å². The Hall–Kier alpha value is -19.3. The highest BCUT2D eigenvalue weighted by molar-refractivity contribution is 6.28. The van der Waals surface area contributed by atoms with Gasteiger partial charge >= 0.3 is 0 Å².